The number of piperidine rings is 1. The highest BCUT2D eigenvalue weighted by molar-refractivity contribution is 6.01. The van der Waals surface area contributed by atoms with Gasteiger partial charge >= 0.3 is 5.63 Å². The van der Waals surface area contributed by atoms with E-state index < -0.39 is 0 Å². The van der Waals surface area contributed by atoms with Crippen molar-refractivity contribution in [3.63, 3.8) is 0 Å². The quantitative estimate of drug-likeness (QED) is 0.337. The van der Waals surface area contributed by atoms with E-state index in [9.17, 15) is 4.79 Å². The molecule has 0 unspecified atom stereocenters. The van der Waals surface area contributed by atoms with Gasteiger partial charge in [0.25, 0.3) is 0 Å². The van der Waals surface area contributed by atoms with Crippen LogP contribution in [-0.4, -0.2) is 37.2 Å². The molecule has 1 aliphatic rings. The van der Waals surface area contributed by atoms with Gasteiger partial charge in [0.05, 0.1) is 36.2 Å². The Hall–Kier alpha value is -3.03. The molecule has 1 aliphatic heterocycles. The number of ether oxygens (including phenoxy) is 1. The van der Waals surface area contributed by atoms with Gasteiger partial charge in [0.1, 0.15) is 16.9 Å². The number of fused-ring (bicyclic) bond motifs is 2. The van der Waals surface area contributed by atoms with Gasteiger partial charge in [0.15, 0.2) is 0 Å². The number of hydrogen-bond acceptors (Lipinski definition) is 7. The third-order valence-corrected chi connectivity index (χ3v) is 5.94. The second-order valence-electron chi connectivity index (χ2n) is 8.03. The standard InChI is InChI=1S/C24H26N2O5/c27-23-3-2-19-22(31-23)14-21-20(7-13-29-21)24(19)30-11-1-8-26-9-4-18(5-10-26)25-15-17-6-12-28-16-17/h2-3,6-7,12-14,16,18,25H,1,4-5,8-11,15H2. The molecule has 31 heavy (non-hydrogen) atoms. The van der Waals surface area contributed by atoms with Crippen LogP contribution in [0.1, 0.15) is 24.8 Å². The maximum absolute atomic E-state index is 11.6. The van der Waals surface area contributed by atoms with Gasteiger partial charge in [-0.2, -0.15) is 0 Å². The number of likely N-dealkylation sites (tertiary alicyclic amines) is 1. The van der Waals surface area contributed by atoms with Crippen LogP contribution in [0, 0.1) is 0 Å². The van der Waals surface area contributed by atoms with Crippen molar-refractivity contribution >= 4 is 21.9 Å². The Bertz CT molecular complexity index is 1190. The van der Waals surface area contributed by atoms with E-state index in [0.29, 0.717) is 29.6 Å². The Morgan fingerprint density at radius 3 is 2.77 bits per heavy atom. The van der Waals surface area contributed by atoms with Crippen molar-refractivity contribution in [2.45, 2.75) is 31.8 Å². The fourth-order valence-corrected chi connectivity index (χ4v) is 4.24. The van der Waals surface area contributed by atoms with Crippen molar-refractivity contribution in [2.75, 3.05) is 26.2 Å². The first-order chi connectivity index (χ1) is 15.3. The van der Waals surface area contributed by atoms with Crippen LogP contribution in [0.25, 0.3) is 21.9 Å². The second kappa shape index (κ2) is 8.99. The van der Waals surface area contributed by atoms with Crippen LogP contribution in [0.5, 0.6) is 5.75 Å². The fourth-order valence-electron chi connectivity index (χ4n) is 4.24. The lowest BCUT2D eigenvalue weighted by Gasteiger charge is -2.32. The van der Waals surface area contributed by atoms with Crippen LogP contribution in [0.2, 0.25) is 0 Å². The lowest BCUT2D eigenvalue weighted by atomic mass is 10.0. The predicted molar refractivity (Wildman–Crippen MR) is 117 cm³/mol. The first kappa shape index (κ1) is 19.9. The number of benzene rings is 1. The molecule has 4 aromatic rings. The van der Waals surface area contributed by atoms with Crippen LogP contribution >= 0.6 is 0 Å². The van der Waals surface area contributed by atoms with E-state index in [1.807, 2.05) is 12.1 Å². The molecule has 1 fully saturated rings. The van der Waals surface area contributed by atoms with E-state index >= 15 is 0 Å². The van der Waals surface area contributed by atoms with E-state index in [1.165, 1.54) is 11.6 Å². The molecular formula is C24H26N2O5. The Balaban J connectivity index is 1.12. The summed E-state index contributed by atoms with van der Waals surface area (Å²) in [5, 5.41) is 5.30. The normalized spacial score (nSPS) is 15.7. The summed E-state index contributed by atoms with van der Waals surface area (Å²) in [4.78, 5) is 14.1. The highest BCUT2D eigenvalue weighted by Gasteiger charge is 2.19. The summed E-state index contributed by atoms with van der Waals surface area (Å²) in [6.07, 6.45) is 8.36. The summed E-state index contributed by atoms with van der Waals surface area (Å²) < 4.78 is 22.1. The Kier molecular flexibility index (Phi) is 5.78. The SMILES string of the molecule is O=c1ccc2c(OCCCN3CCC(NCc4ccoc4)CC3)c3ccoc3cc2o1. The number of rotatable bonds is 8. The predicted octanol–water partition coefficient (Wildman–Crippen LogP) is 4.16. The minimum Gasteiger partial charge on any atom is -0.492 e. The molecule has 0 aliphatic carbocycles. The van der Waals surface area contributed by atoms with Gasteiger partial charge in [0.2, 0.25) is 0 Å². The molecule has 4 heterocycles. The molecule has 5 rings (SSSR count). The van der Waals surface area contributed by atoms with Crippen LogP contribution in [-0.2, 0) is 6.54 Å². The van der Waals surface area contributed by atoms with Crippen molar-refractivity contribution < 1.29 is 18.0 Å². The molecule has 0 atom stereocenters. The van der Waals surface area contributed by atoms with Crippen LogP contribution in [0.3, 0.4) is 0 Å². The summed E-state index contributed by atoms with van der Waals surface area (Å²) in [7, 11) is 0. The molecule has 0 bridgehead atoms. The van der Waals surface area contributed by atoms with Gasteiger partial charge in [-0.1, -0.05) is 0 Å². The molecule has 3 aromatic heterocycles. The van der Waals surface area contributed by atoms with Gasteiger partial charge in [-0.05, 0) is 50.6 Å². The van der Waals surface area contributed by atoms with Crippen molar-refractivity contribution in [2.24, 2.45) is 0 Å². The van der Waals surface area contributed by atoms with Gasteiger partial charge < -0.3 is 28.2 Å². The molecule has 162 valence electrons. The second-order valence-corrected chi connectivity index (χ2v) is 8.03. The molecule has 0 saturated carbocycles. The molecule has 1 aromatic carbocycles. The first-order valence-corrected chi connectivity index (χ1v) is 10.8. The Morgan fingerprint density at radius 1 is 1.06 bits per heavy atom. The zero-order valence-electron chi connectivity index (χ0n) is 17.3. The van der Waals surface area contributed by atoms with E-state index in [0.717, 1.165) is 56.2 Å². The number of furan rings is 2. The maximum Gasteiger partial charge on any atom is 0.336 e. The minimum absolute atomic E-state index is 0.382. The van der Waals surface area contributed by atoms with E-state index in [2.05, 4.69) is 10.2 Å². The topological polar surface area (TPSA) is 81.0 Å². The van der Waals surface area contributed by atoms with E-state index in [4.69, 9.17) is 18.0 Å². The maximum atomic E-state index is 11.6. The van der Waals surface area contributed by atoms with Crippen LogP contribution in [0.15, 0.2) is 67.2 Å². The lowest BCUT2D eigenvalue weighted by molar-refractivity contribution is 0.182. The van der Waals surface area contributed by atoms with Gasteiger partial charge in [-0.3, -0.25) is 0 Å². The van der Waals surface area contributed by atoms with Crippen LogP contribution < -0.4 is 15.7 Å². The van der Waals surface area contributed by atoms with Gasteiger partial charge in [0, 0.05) is 36.8 Å². The summed E-state index contributed by atoms with van der Waals surface area (Å²) in [5.41, 5.74) is 1.95. The average Bonchev–Trinajstić information content (AvgIpc) is 3.47. The molecular weight excluding hydrogens is 396 g/mol. The first-order valence-electron chi connectivity index (χ1n) is 10.8. The lowest BCUT2D eigenvalue weighted by Crippen LogP contribution is -2.42. The summed E-state index contributed by atoms with van der Waals surface area (Å²) in [5.74, 6) is 0.715. The molecule has 1 N–H and O–H groups in total. The van der Waals surface area contributed by atoms with Crippen molar-refractivity contribution in [3.8, 4) is 5.75 Å². The van der Waals surface area contributed by atoms with E-state index in [-0.39, 0.29) is 5.63 Å². The molecule has 7 nitrogen and oxygen atoms in total. The molecule has 0 spiro atoms. The van der Waals surface area contributed by atoms with Crippen molar-refractivity contribution in [3.05, 3.63) is 65.1 Å². The highest BCUT2D eigenvalue weighted by Crippen LogP contribution is 2.35. The Morgan fingerprint density at radius 2 is 1.94 bits per heavy atom. The average molecular weight is 422 g/mol. The number of nitrogens with one attached hydrogen (secondary N) is 1. The molecule has 0 amide bonds. The summed E-state index contributed by atoms with van der Waals surface area (Å²) >= 11 is 0. The smallest absolute Gasteiger partial charge is 0.336 e. The monoisotopic (exact) mass is 422 g/mol. The molecule has 7 heteroatoms. The zero-order valence-corrected chi connectivity index (χ0v) is 17.3. The third-order valence-electron chi connectivity index (χ3n) is 5.94. The minimum atomic E-state index is -0.382. The summed E-state index contributed by atoms with van der Waals surface area (Å²) in [6.45, 7) is 4.64. The summed E-state index contributed by atoms with van der Waals surface area (Å²) in [6, 6.07) is 9.36. The Labute approximate surface area is 179 Å². The van der Waals surface area contributed by atoms with Gasteiger partial charge in [-0.15, -0.1) is 0 Å². The fraction of sp³-hybridized carbons (Fsp3) is 0.375. The molecule has 1 saturated heterocycles. The van der Waals surface area contributed by atoms with Gasteiger partial charge in [-0.25, -0.2) is 4.79 Å². The highest BCUT2D eigenvalue weighted by atomic mass is 16.5. The van der Waals surface area contributed by atoms with Crippen LogP contribution in [0.4, 0.5) is 0 Å². The van der Waals surface area contributed by atoms with Crippen molar-refractivity contribution in [1.82, 2.24) is 10.2 Å². The zero-order chi connectivity index (χ0) is 21.0. The van der Waals surface area contributed by atoms with Crippen molar-refractivity contribution in [1.29, 1.82) is 0 Å². The molecule has 0 radical (unpaired) electrons. The third kappa shape index (κ3) is 4.52. The largest absolute Gasteiger partial charge is 0.492 e. The number of hydrogen-bond donors (Lipinski definition) is 1. The number of nitrogens with zero attached hydrogens (tertiary/aromatic N) is 1. The van der Waals surface area contributed by atoms with E-state index in [1.54, 1.807) is 30.9 Å².